The number of non-ortho nitro benzene ring substituents is 1. The Morgan fingerprint density at radius 2 is 1.54 bits per heavy atom. The number of nitro benzene ring substituents is 1. The van der Waals surface area contributed by atoms with Gasteiger partial charge < -0.3 is 4.90 Å². The average Bonchev–Trinajstić information content (AvgIpc) is 3.66. The van der Waals surface area contributed by atoms with Crippen molar-refractivity contribution in [3.63, 3.8) is 0 Å². The highest BCUT2D eigenvalue weighted by atomic mass is 32.1. The number of ketones is 3. The highest BCUT2D eigenvalue weighted by Gasteiger charge is 2.71. The van der Waals surface area contributed by atoms with Gasteiger partial charge in [0.15, 0.2) is 17.3 Å². The van der Waals surface area contributed by atoms with Crippen molar-refractivity contribution in [3.05, 3.63) is 134 Å². The molecule has 3 aromatic carbocycles. The van der Waals surface area contributed by atoms with E-state index in [1.165, 1.54) is 23.5 Å². The van der Waals surface area contributed by atoms with Gasteiger partial charge in [0, 0.05) is 34.9 Å². The molecule has 1 spiro atoms. The standard InChI is InChI=1S/C31H20N2O5S/c34-28(24-10-5-17-39-24)27-26(19-11-14-20(15-12-19)33(37)38)31(29(35)21-7-2-3-8-22(21)30(31)36)25-16-13-18-6-1-4-9-23(18)32(25)27/h1-17,25-27H/t25-,26-,27-/m0/s1. The van der Waals surface area contributed by atoms with Crippen LogP contribution in [-0.2, 0) is 0 Å². The maximum atomic E-state index is 14.5. The molecule has 7 nitrogen and oxygen atoms in total. The van der Waals surface area contributed by atoms with E-state index in [-0.39, 0.29) is 23.0 Å². The second kappa shape index (κ2) is 8.41. The topological polar surface area (TPSA) is 97.6 Å². The first-order valence-electron chi connectivity index (χ1n) is 12.5. The molecule has 3 atom stereocenters. The van der Waals surface area contributed by atoms with Crippen LogP contribution < -0.4 is 4.90 Å². The summed E-state index contributed by atoms with van der Waals surface area (Å²) in [6.07, 6.45) is 3.77. The minimum absolute atomic E-state index is 0.109. The Kier molecular flexibility index (Phi) is 5.05. The number of fused-ring (bicyclic) bond motifs is 5. The monoisotopic (exact) mass is 532 g/mol. The van der Waals surface area contributed by atoms with E-state index in [1.807, 2.05) is 46.7 Å². The molecule has 3 aliphatic rings. The van der Waals surface area contributed by atoms with Crippen LogP contribution in [-0.4, -0.2) is 34.4 Å². The van der Waals surface area contributed by atoms with Crippen LogP contribution in [0.4, 0.5) is 11.4 Å². The van der Waals surface area contributed by atoms with Crippen LogP contribution in [0.5, 0.6) is 0 Å². The molecule has 1 saturated heterocycles. The molecule has 0 saturated carbocycles. The lowest BCUT2D eigenvalue weighted by Gasteiger charge is -2.37. The summed E-state index contributed by atoms with van der Waals surface area (Å²) in [5.74, 6) is -1.74. The lowest BCUT2D eigenvalue weighted by molar-refractivity contribution is -0.384. The third-order valence-corrected chi connectivity index (χ3v) is 9.09. The Balaban J connectivity index is 1.54. The Bertz CT molecular complexity index is 1690. The second-order valence-electron chi connectivity index (χ2n) is 9.96. The summed E-state index contributed by atoms with van der Waals surface area (Å²) in [7, 11) is 0. The third-order valence-electron chi connectivity index (χ3n) is 8.21. The predicted molar refractivity (Wildman–Crippen MR) is 148 cm³/mol. The Labute approximate surface area is 227 Å². The van der Waals surface area contributed by atoms with E-state index < -0.39 is 28.3 Å². The summed E-state index contributed by atoms with van der Waals surface area (Å²) in [6, 6.07) is 22.2. The molecular formula is C31H20N2O5S. The fourth-order valence-corrected chi connectivity index (χ4v) is 7.36. The van der Waals surface area contributed by atoms with Gasteiger partial charge in [-0.3, -0.25) is 24.5 Å². The van der Waals surface area contributed by atoms with Crippen molar-refractivity contribution in [3.8, 4) is 0 Å². The molecule has 0 amide bonds. The minimum atomic E-state index is -1.62. The molecule has 7 rings (SSSR count). The number of nitro groups is 1. The number of benzene rings is 3. The largest absolute Gasteiger partial charge is 0.352 e. The fraction of sp³-hybridized carbons (Fsp3) is 0.129. The molecule has 8 heteroatoms. The van der Waals surface area contributed by atoms with Crippen molar-refractivity contribution in [1.29, 1.82) is 0 Å². The van der Waals surface area contributed by atoms with Gasteiger partial charge in [0.2, 0.25) is 0 Å². The van der Waals surface area contributed by atoms with Crippen LogP contribution in [0, 0.1) is 15.5 Å². The van der Waals surface area contributed by atoms with Crippen molar-refractivity contribution in [2.24, 2.45) is 5.41 Å². The molecule has 4 aromatic rings. The molecule has 1 fully saturated rings. The van der Waals surface area contributed by atoms with Gasteiger partial charge in [0.25, 0.3) is 5.69 Å². The van der Waals surface area contributed by atoms with Crippen LogP contribution in [0.2, 0.25) is 0 Å². The smallest absolute Gasteiger partial charge is 0.269 e. The predicted octanol–water partition coefficient (Wildman–Crippen LogP) is 5.97. The van der Waals surface area contributed by atoms with Gasteiger partial charge in [0.05, 0.1) is 15.8 Å². The number of nitrogens with zero attached hydrogens (tertiary/aromatic N) is 2. The first-order valence-corrected chi connectivity index (χ1v) is 13.4. The normalized spacial score (nSPS) is 22.1. The molecule has 1 aromatic heterocycles. The molecule has 0 N–H and O–H groups in total. The lowest BCUT2D eigenvalue weighted by Crippen LogP contribution is -2.48. The summed E-state index contributed by atoms with van der Waals surface area (Å²) in [6.45, 7) is 0. The molecule has 1 aliphatic carbocycles. The van der Waals surface area contributed by atoms with Crippen molar-refractivity contribution in [2.45, 2.75) is 18.0 Å². The van der Waals surface area contributed by atoms with E-state index in [1.54, 1.807) is 48.5 Å². The van der Waals surface area contributed by atoms with Gasteiger partial charge in [-0.05, 0) is 28.6 Å². The Morgan fingerprint density at radius 3 is 2.18 bits per heavy atom. The maximum absolute atomic E-state index is 14.5. The van der Waals surface area contributed by atoms with E-state index >= 15 is 0 Å². The SMILES string of the molecule is O=C(c1cccs1)[C@@H]1[C@H](c2ccc([N+](=O)[O-])cc2)C2(C(=O)c3ccccc3C2=O)[C@@H]2C=Cc3ccccc3N12. The summed E-state index contributed by atoms with van der Waals surface area (Å²) in [4.78, 5) is 56.8. The number of carbonyl (C=O) groups excluding carboxylic acids is 3. The number of hydrogen-bond acceptors (Lipinski definition) is 7. The Morgan fingerprint density at radius 1 is 0.872 bits per heavy atom. The zero-order chi connectivity index (χ0) is 26.9. The van der Waals surface area contributed by atoms with Crippen LogP contribution in [0.1, 0.15) is 47.4 Å². The summed E-state index contributed by atoms with van der Waals surface area (Å²) >= 11 is 1.31. The number of carbonyl (C=O) groups is 3. The van der Waals surface area contributed by atoms with Crippen molar-refractivity contribution < 1.29 is 19.3 Å². The molecule has 190 valence electrons. The van der Waals surface area contributed by atoms with E-state index in [0.717, 1.165) is 11.3 Å². The lowest BCUT2D eigenvalue weighted by atomic mass is 9.64. The number of para-hydroxylation sites is 1. The van der Waals surface area contributed by atoms with E-state index in [4.69, 9.17) is 0 Å². The van der Waals surface area contributed by atoms with Gasteiger partial charge in [-0.2, -0.15) is 0 Å². The molecule has 39 heavy (non-hydrogen) atoms. The number of rotatable bonds is 4. The van der Waals surface area contributed by atoms with Crippen LogP contribution in [0.15, 0.2) is 96.4 Å². The third kappa shape index (κ3) is 3.06. The van der Waals surface area contributed by atoms with Gasteiger partial charge >= 0.3 is 0 Å². The summed E-state index contributed by atoms with van der Waals surface area (Å²) < 4.78 is 0. The van der Waals surface area contributed by atoms with Gasteiger partial charge in [-0.15, -0.1) is 11.3 Å². The highest BCUT2D eigenvalue weighted by molar-refractivity contribution is 7.12. The maximum Gasteiger partial charge on any atom is 0.269 e. The second-order valence-corrected chi connectivity index (χ2v) is 10.9. The van der Waals surface area contributed by atoms with Crippen molar-refractivity contribution >= 4 is 46.1 Å². The molecule has 0 unspecified atom stereocenters. The zero-order valence-electron chi connectivity index (χ0n) is 20.4. The van der Waals surface area contributed by atoms with Gasteiger partial charge in [-0.1, -0.05) is 72.8 Å². The highest BCUT2D eigenvalue weighted by Crippen LogP contribution is 2.61. The summed E-state index contributed by atoms with van der Waals surface area (Å²) in [5, 5.41) is 13.3. The zero-order valence-corrected chi connectivity index (χ0v) is 21.2. The molecule has 3 heterocycles. The fourth-order valence-electron chi connectivity index (χ4n) is 6.66. The number of thiophene rings is 1. The van der Waals surface area contributed by atoms with E-state index in [9.17, 15) is 24.5 Å². The quantitative estimate of drug-likeness (QED) is 0.139. The first kappa shape index (κ1) is 23.4. The Hall–Kier alpha value is -4.69. The first-order chi connectivity index (χ1) is 18.9. The molecule has 2 aliphatic heterocycles. The van der Waals surface area contributed by atoms with Gasteiger partial charge in [-0.25, -0.2) is 0 Å². The van der Waals surface area contributed by atoms with Crippen LogP contribution in [0.25, 0.3) is 6.08 Å². The van der Waals surface area contributed by atoms with E-state index in [2.05, 4.69) is 0 Å². The number of hydrogen-bond donors (Lipinski definition) is 0. The molecular weight excluding hydrogens is 512 g/mol. The van der Waals surface area contributed by atoms with Gasteiger partial charge in [0.1, 0.15) is 11.5 Å². The number of Topliss-reactive ketones (excluding diaryl/α,β-unsaturated/α-hetero) is 3. The number of anilines is 1. The minimum Gasteiger partial charge on any atom is -0.352 e. The van der Waals surface area contributed by atoms with Crippen LogP contribution >= 0.6 is 11.3 Å². The molecule has 0 bridgehead atoms. The molecule has 0 radical (unpaired) electrons. The van der Waals surface area contributed by atoms with Crippen molar-refractivity contribution in [1.82, 2.24) is 0 Å². The average molecular weight is 533 g/mol. The van der Waals surface area contributed by atoms with Crippen LogP contribution in [0.3, 0.4) is 0 Å². The summed E-state index contributed by atoms with van der Waals surface area (Å²) in [5.41, 5.74) is 1.12. The van der Waals surface area contributed by atoms with Crippen molar-refractivity contribution in [2.75, 3.05) is 4.90 Å². The van der Waals surface area contributed by atoms with E-state index in [0.29, 0.717) is 21.6 Å².